The first kappa shape index (κ1) is 9.45. The minimum Gasteiger partial charge on any atom is -0.365 e. The van der Waals surface area contributed by atoms with E-state index >= 15 is 0 Å². The van der Waals surface area contributed by atoms with Crippen molar-refractivity contribution in [2.24, 2.45) is 11.0 Å². The van der Waals surface area contributed by atoms with E-state index in [2.05, 4.69) is 25.2 Å². The molecule has 82 valence electrons. The van der Waals surface area contributed by atoms with Gasteiger partial charge in [-0.05, 0) is 11.6 Å². The van der Waals surface area contributed by atoms with Crippen LogP contribution in [0.25, 0.3) is 10.4 Å². The van der Waals surface area contributed by atoms with Gasteiger partial charge in [0.2, 0.25) is 0 Å². The van der Waals surface area contributed by atoms with Gasteiger partial charge in [-0.1, -0.05) is 5.11 Å². The number of fused-ring (bicyclic) bond motifs is 1. The lowest BCUT2D eigenvalue weighted by Crippen LogP contribution is -2.55. The maximum atomic E-state index is 8.38. The van der Waals surface area contributed by atoms with Crippen molar-refractivity contribution in [1.82, 2.24) is 10.3 Å². The van der Waals surface area contributed by atoms with Crippen LogP contribution in [0.15, 0.2) is 23.6 Å². The second-order valence-electron chi connectivity index (χ2n) is 4.23. The van der Waals surface area contributed by atoms with Crippen molar-refractivity contribution in [3.63, 3.8) is 0 Å². The molecule has 1 aromatic rings. The van der Waals surface area contributed by atoms with Gasteiger partial charge in [-0.15, -0.1) is 0 Å². The average molecular weight is 216 g/mol. The number of rotatable bonds is 2. The Morgan fingerprint density at radius 2 is 2.44 bits per heavy atom. The van der Waals surface area contributed by atoms with E-state index in [-0.39, 0.29) is 0 Å². The van der Waals surface area contributed by atoms with Crippen LogP contribution in [0, 0.1) is 5.92 Å². The van der Waals surface area contributed by atoms with Gasteiger partial charge in [-0.2, -0.15) is 0 Å². The summed E-state index contributed by atoms with van der Waals surface area (Å²) in [6.45, 7) is 3.22. The van der Waals surface area contributed by atoms with Crippen LogP contribution >= 0.6 is 0 Å². The molecular formula is C10H12N6. The normalized spacial score (nSPS) is 26.9. The molecule has 0 aliphatic carbocycles. The molecule has 0 saturated carbocycles. The molecule has 0 radical (unpaired) electrons. The van der Waals surface area contributed by atoms with Crippen LogP contribution in [0.3, 0.4) is 0 Å². The van der Waals surface area contributed by atoms with Gasteiger partial charge >= 0.3 is 0 Å². The molecular weight excluding hydrogens is 204 g/mol. The molecule has 2 unspecified atom stereocenters. The van der Waals surface area contributed by atoms with Crippen molar-refractivity contribution >= 4 is 11.4 Å². The Balaban J connectivity index is 1.84. The van der Waals surface area contributed by atoms with Gasteiger partial charge in [0.1, 0.15) is 0 Å². The number of pyridine rings is 1. The summed E-state index contributed by atoms with van der Waals surface area (Å²) < 4.78 is 0. The van der Waals surface area contributed by atoms with E-state index in [1.807, 2.05) is 12.3 Å². The molecule has 0 aromatic carbocycles. The minimum atomic E-state index is 0.578. The largest absolute Gasteiger partial charge is 0.365 e. The average Bonchev–Trinajstić information content (AvgIpc) is 2.61. The van der Waals surface area contributed by atoms with Crippen molar-refractivity contribution < 1.29 is 0 Å². The van der Waals surface area contributed by atoms with E-state index < -0.39 is 0 Å². The van der Waals surface area contributed by atoms with Crippen molar-refractivity contribution in [2.75, 3.05) is 24.5 Å². The molecule has 1 aromatic heterocycles. The lowest BCUT2D eigenvalue weighted by atomic mass is 9.91. The third kappa shape index (κ3) is 1.39. The van der Waals surface area contributed by atoms with Crippen LogP contribution in [-0.4, -0.2) is 30.7 Å². The summed E-state index contributed by atoms with van der Waals surface area (Å²) in [6.07, 6.45) is 3.40. The van der Waals surface area contributed by atoms with Crippen molar-refractivity contribution in [3.05, 3.63) is 28.9 Å². The van der Waals surface area contributed by atoms with Gasteiger partial charge in [0.25, 0.3) is 0 Å². The number of anilines is 1. The minimum absolute atomic E-state index is 0.578. The molecule has 3 rings (SSSR count). The highest BCUT2D eigenvalue weighted by molar-refractivity contribution is 5.56. The van der Waals surface area contributed by atoms with E-state index in [0.29, 0.717) is 11.7 Å². The predicted molar refractivity (Wildman–Crippen MR) is 60.5 cm³/mol. The van der Waals surface area contributed by atoms with E-state index in [9.17, 15) is 0 Å². The zero-order chi connectivity index (χ0) is 11.0. The van der Waals surface area contributed by atoms with Crippen molar-refractivity contribution in [2.45, 2.75) is 6.04 Å². The molecule has 3 heterocycles. The van der Waals surface area contributed by atoms with Crippen LogP contribution in [0.1, 0.15) is 0 Å². The third-order valence-electron chi connectivity index (χ3n) is 3.34. The van der Waals surface area contributed by atoms with Crippen molar-refractivity contribution in [1.29, 1.82) is 0 Å². The molecule has 0 spiro atoms. The quantitative estimate of drug-likeness (QED) is 0.461. The van der Waals surface area contributed by atoms with E-state index in [1.54, 1.807) is 6.20 Å². The Bertz CT molecular complexity index is 452. The van der Waals surface area contributed by atoms with Gasteiger partial charge in [0.15, 0.2) is 0 Å². The molecule has 16 heavy (non-hydrogen) atoms. The standard InChI is InChI=1S/C10H12N6/c11-15-14-8-1-9(4-13-3-8)16-6-7-2-12-5-10(7)16/h1,3-4,7,10,12H,2,5-6H2. The molecule has 0 amide bonds. The number of hydrogen-bond donors (Lipinski definition) is 1. The fraction of sp³-hybridized carbons (Fsp3) is 0.500. The van der Waals surface area contributed by atoms with E-state index in [4.69, 9.17) is 5.53 Å². The van der Waals surface area contributed by atoms with Gasteiger partial charge < -0.3 is 10.2 Å². The fourth-order valence-electron chi connectivity index (χ4n) is 2.50. The smallest absolute Gasteiger partial charge is 0.0579 e. The van der Waals surface area contributed by atoms with Gasteiger partial charge in [0.05, 0.1) is 17.6 Å². The predicted octanol–water partition coefficient (Wildman–Crippen LogP) is 1.43. The number of azide groups is 1. The highest BCUT2D eigenvalue weighted by Gasteiger charge is 2.42. The van der Waals surface area contributed by atoms with Gasteiger partial charge in [-0.25, -0.2) is 0 Å². The Labute approximate surface area is 92.9 Å². The van der Waals surface area contributed by atoms with Crippen LogP contribution in [0.4, 0.5) is 11.4 Å². The first-order chi connectivity index (χ1) is 7.88. The maximum absolute atomic E-state index is 8.38. The second-order valence-corrected chi connectivity index (χ2v) is 4.23. The topological polar surface area (TPSA) is 76.9 Å². The Morgan fingerprint density at radius 1 is 1.50 bits per heavy atom. The molecule has 6 heteroatoms. The summed E-state index contributed by atoms with van der Waals surface area (Å²) in [5.41, 5.74) is 10.0. The van der Waals surface area contributed by atoms with Crippen LogP contribution in [-0.2, 0) is 0 Å². The van der Waals surface area contributed by atoms with Crippen LogP contribution in [0.2, 0.25) is 0 Å². The summed E-state index contributed by atoms with van der Waals surface area (Å²) in [5.74, 6) is 0.767. The van der Waals surface area contributed by atoms with E-state index in [0.717, 1.165) is 31.2 Å². The molecule has 2 saturated heterocycles. The molecule has 6 nitrogen and oxygen atoms in total. The number of nitrogens with one attached hydrogen (secondary N) is 1. The Kier molecular flexibility index (Phi) is 2.16. The fourth-order valence-corrected chi connectivity index (χ4v) is 2.50. The van der Waals surface area contributed by atoms with Crippen LogP contribution < -0.4 is 10.2 Å². The Hall–Kier alpha value is -1.78. The van der Waals surface area contributed by atoms with Gasteiger partial charge in [-0.3, -0.25) is 4.98 Å². The monoisotopic (exact) mass is 216 g/mol. The highest BCUT2D eigenvalue weighted by Crippen LogP contribution is 2.34. The molecule has 1 N–H and O–H groups in total. The maximum Gasteiger partial charge on any atom is 0.0579 e. The second kappa shape index (κ2) is 3.66. The SMILES string of the molecule is [N-]=[N+]=Nc1cncc(N2CC3CNCC32)c1. The van der Waals surface area contributed by atoms with E-state index in [1.165, 1.54) is 0 Å². The van der Waals surface area contributed by atoms with Gasteiger partial charge in [0, 0.05) is 42.7 Å². The number of hydrogen-bond acceptors (Lipinski definition) is 4. The summed E-state index contributed by atoms with van der Waals surface area (Å²) in [4.78, 5) is 9.18. The van der Waals surface area contributed by atoms with Crippen LogP contribution in [0.5, 0.6) is 0 Å². The first-order valence-corrected chi connectivity index (χ1v) is 5.36. The first-order valence-electron chi connectivity index (χ1n) is 5.36. The Morgan fingerprint density at radius 3 is 3.25 bits per heavy atom. The molecule has 2 fully saturated rings. The lowest BCUT2D eigenvalue weighted by molar-refractivity contribution is 0.365. The molecule has 2 aliphatic rings. The summed E-state index contributed by atoms with van der Waals surface area (Å²) in [7, 11) is 0. The molecule has 0 bridgehead atoms. The third-order valence-corrected chi connectivity index (χ3v) is 3.34. The van der Waals surface area contributed by atoms with Crippen molar-refractivity contribution in [3.8, 4) is 0 Å². The molecule has 2 atom stereocenters. The zero-order valence-corrected chi connectivity index (χ0v) is 8.74. The summed E-state index contributed by atoms with van der Waals surface area (Å²) in [6, 6.07) is 2.48. The highest BCUT2D eigenvalue weighted by atomic mass is 15.3. The molecule has 2 aliphatic heterocycles. The lowest BCUT2D eigenvalue weighted by Gasteiger charge is -2.45. The number of aromatic nitrogens is 1. The number of nitrogens with zero attached hydrogens (tertiary/aromatic N) is 5. The summed E-state index contributed by atoms with van der Waals surface area (Å²) >= 11 is 0. The zero-order valence-electron chi connectivity index (χ0n) is 8.74. The summed E-state index contributed by atoms with van der Waals surface area (Å²) in [5, 5.41) is 6.95.